The minimum atomic E-state index is -1.36. The van der Waals surface area contributed by atoms with Crippen molar-refractivity contribution in [3.63, 3.8) is 0 Å². The summed E-state index contributed by atoms with van der Waals surface area (Å²) in [6.45, 7) is 9.18. The number of primary amides is 2. The second-order valence-corrected chi connectivity index (χ2v) is 8.47. The molecule has 4 unspecified atom stereocenters. The van der Waals surface area contributed by atoms with Crippen LogP contribution in [-0.2, 0) is 14.4 Å². The van der Waals surface area contributed by atoms with Gasteiger partial charge in [-0.3, -0.25) is 9.59 Å². The maximum Gasteiger partial charge on any atom is 0.331 e. The minimum absolute atomic E-state index is 0.0475. The van der Waals surface area contributed by atoms with Crippen LogP contribution < -0.4 is 11.5 Å². The van der Waals surface area contributed by atoms with Crippen LogP contribution in [0.4, 0.5) is 0 Å². The van der Waals surface area contributed by atoms with E-state index in [0.717, 1.165) is 6.42 Å². The standard InChI is InChI=1S/C20H36N2O6/c1-11(7-6-8-15(23)17(21)25)10-20(4,5)14(9-16(24)18(22)26)12(2)13(3)19(27)28/h11,14-16,23-24H,6-10H2,1-5H3,(H2,21,25)(H2,22,26)(H,27,28). The largest absolute Gasteiger partial charge is 0.478 e. The number of rotatable bonds is 13. The molecule has 0 aliphatic carbocycles. The molecule has 0 heterocycles. The Morgan fingerprint density at radius 3 is 1.89 bits per heavy atom. The van der Waals surface area contributed by atoms with Crippen molar-refractivity contribution in [2.75, 3.05) is 0 Å². The zero-order chi connectivity index (χ0) is 22.2. The zero-order valence-corrected chi connectivity index (χ0v) is 17.6. The van der Waals surface area contributed by atoms with Crippen molar-refractivity contribution >= 4 is 17.8 Å². The fourth-order valence-corrected chi connectivity index (χ4v) is 3.80. The smallest absolute Gasteiger partial charge is 0.331 e. The molecular weight excluding hydrogens is 364 g/mol. The molecule has 8 heteroatoms. The van der Waals surface area contributed by atoms with Crippen molar-refractivity contribution in [3.8, 4) is 0 Å². The van der Waals surface area contributed by atoms with Gasteiger partial charge in [-0.1, -0.05) is 39.2 Å². The van der Waals surface area contributed by atoms with Crippen LogP contribution in [0.1, 0.15) is 66.7 Å². The van der Waals surface area contributed by atoms with Gasteiger partial charge in [0.05, 0.1) is 0 Å². The number of nitrogens with two attached hydrogens (primary N) is 2. The van der Waals surface area contributed by atoms with Crippen molar-refractivity contribution in [1.29, 1.82) is 0 Å². The van der Waals surface area contributed by atoms with Crippen LogP contribution in [0, 0.1) is 17.3 Å². The van der Waals surface area contributed by atoms with Crippen molar-refractivity contribution in [3.05, 3.63) is 11.1 Å². The first-order valence-corrected chi connectivity index (χ1v) is 9.56. The van der Waals surface area contributed by atoms with Crippen LogP contribution in [0.15, 0.2) is 11.1 Å². The number of aliphatic hydroxyl groups excluding tert-OH is 2. The van der Waals surface area contributed by atoms with E-state index in [9.17, 15) is 29.7 Å². The third-order valence-electron chi connectivity index (χ3n) is 5.54. The summed E-state index contributed by atoms with van der Waals surface area (Å²) in [7, 11) is 0. The van der Waals surface area contributed by atoms with Gasteiger partial charge in [0.2, 0.25) is 11.8 Å². The lowest BCUT2D eigenvalue weighted by Crippen LogP contribution is -2.36. The number of carbonyl (C=O) groups excluding carboxylic acids is 2. The van der Waals surface area contributed by atoms with E-state index < -0.39 is 35.4 Å². The van der Waals surface area contributed by atoms with Crippen LogP contribution in [0.3, 0.4) is 0 Å². The third-order valence-corrected chi connectivity index (χ3v) is 5.54. The van der Waals surface area contributed by atoms with E-state index in [4.69, 9.17) is 11.5 Å². The fraction of sp³-hybridized carbons (Fsp3) is 0.750. The number of carboxylic acid groups (broad SMARTS) is 1. The summed E-state index contributed by atoms with van der Waals surface area (Å²) in [6.07, 6.45) is -0.102. The van der Waals surface area contributed by atoms with Gasteiger partial charge in [0.25, 0.3) is 0 Å². The molecule has 0 saturated heterocycles. The number of hydrogen-bond donors (Lipinski definition) is 5. The van der Waals surface area contributed by atoms with Crippen LogP contribution in [0.5, 0.6) is 0 Å². The summed E-state index contributed by atoms with van der Waals surface area (Å²) in [6, 6.07) is 0. The number of amides is 2. The first-order chi connectivity index (χ1) is 12.7. The summed E-state index contributed by atoms with van der Waals surface area (Å²) in [5.41, 5.74) is 10.6. The van der Waals surface area contributed by atoms with Crippen LogP contribution >= 0.6 is 0 Å². The first-order valence-electron chi connectivity index (χ1n) is 9.56. The Balaban J connectivity index is 5.33. The molecule has 2 amide bonds. The Morgan fingerprint density at radius 1 is 0.964 bits per heavy atom. The van der Waals surface area contributed by atoms with E-state index in [1.807, 2.05) is 20.8 Å². The van der Waals surface area contributed by atoms with Gasteiger partial charge in [0, 0.05) is 5.57 Å². The molecule has 0 fully saturated rings. The molecule has 0 aromatic heterocycles. The number of hydrogen-bond acceptors (Lipinski definition) is 5. The van der Waals surface area contributed by atoms with Gasteiger partial charge < -0.3 is 26.8 Å². The van der Waals surface area contributed by atoms with Gasteiger partial charge in [-0.25, -0.2) is 4.79 Å². The molecule has 0 radical (unpaired) electrons. The molecule has 28 heavy (non-hydrogen) atoms. The van der Waals surface area contributed by atoms with Gasteiger partial charge in [-0.15, -0.1) is 0 Å². The number of allylic oxidation sites excluding steroid dienone is 1. The molecule has 7 N–H and O–H groups in total. The average molecular weight is 401 g/mol. The molecular formula is C20H36N2O6. The second-order valence-electron chi connectivity index (χ2n) is 8.47. The highest BCUT2D eigenvalue weighted by molar-refractivity contribution is 5.86. The first kappa shape index (κ1) is 26.1. The van der Waals surface area contributed by atoms with Crippen molar-refractivity contribution < 1.29 is 29.7 Å². The second kappa shape index (κ2) is 11.2. The Labute approximate surface area is 167 Å². The number of carboxylic acids is 1. The highest BCUT2D eigenvalue weighted by Crippen LogP contribution is 2.42. The summed E-state index contributed by atoms with van der Waals surface area (Å²) in [5, 5.41) is 28.8. The Bertz CT molecular complexity index is 600. The maximum atomic E-state index is 11.4. The summed E-state index contributed by atoms with van der Waals surface area (Å²) in [5.74, 6) is -2.76. The monoisotopic (exact) mass is 400 g/mol. The highest BCUT2D eigenvalue weighted by atomic mass is 16.4. The molecule has 0 aromatic carbocycles. The molecule has 0 saturated carbocycles. The summed E-state index contributed by atoms with van der Waals surface area (Å²) < 4.78 is 0. The summed E-state index contributed by atoms with van der Waals surface area (Å²) in [4.78, 5) is 33.7. The zero-order valence-electron chi connectivity index (χ0n) is 17.6. The van der Waals surface area contributed by atoms with E-state index >= 15 is 0 Å². The van der Waals surface area contributed by atoms with Crippen molar-refractivity contribution in [1.82, 2.24) is 0 Å². The minimum Gasteiger partial charge on any atom is -0.478 e. The lowest BCUT2D eigenvalue weighted by atomic mass is 9.67. The Kier molecular flexibility index (Phi) is 10.4. The highest BCUT2D eigenvalue weighted by Gasteiger charge is 2.36. The molecule has 0 aromatic rings. The molecule has 4 atom stereocenters. The summed E-state index contributed by atoms with van der Waals surface area (Å²) >= 11 is 0. The molecule has 0 spiro atoms. The topological polar surface area (TPSA) is 164 Å². The van der Waals surface area contributed by atoms with E-state index in [1.165, 1.54) is 6.92 Å². The Hall–Kier alpha value is -1.93. The maximum absolute atomic E-state index is 11.4. The quantitative estimate of drug-likeness (QED) is 0.293. The molecule has 0 aliphatic rings. The van der Waals surface area contributed by atoms with E-state index in [2.05, 4.69) is 0 Å². The molecule has 0 bridgehead atoms. The van der Waals surface area contributed by atoms with E-state index in [0.29, 0.717) is 24.8 Å². The lowest BCUT2D eigenvalue weighted by molar-refractivity contribution is -0.132. The normalized spacial score (nSPS) is 17.2. The average Bonchev–Trinajstić information content (AvgIpc) is 2.56. The van der Waals surface area contributed by atoms with Crippen molar-refractivity contribution in [2.45, 2.75) is 78.9 Å². The van der Waals surface area contributed by atoms with Gasteiger partial charge >= 0.3 is 5.97 Å². The fourth-order valence-electron chi connectivity index (χ4n) is 3.80. The number of aliphatic carboxylic acids is 1. The molecule has 0 rings (SSSR count). The number of aliphatic hydroxyl groups is 2. The number of carbonyl (C=O) groups is 3. The Morgan fingerprint density at radius 2 is 1.46 bits per heavy atom. The van der Waals surface area contributed by atoms with Gasteiger partial charge in [-0.2, -0.15) is 0 Å². The van der Waals surface area contributed by atoms with E-state index in [1.54, 1.807) is 6.92 Å². The van der Waals surface area contributed by atoms with Gasteiger partial charge in [0.1, 0.15) is 12.2 Å². The van der Waals surface area contributed by atoms with Crippen LogP contribution in [0.25, 0.3) is 0 Å². The predicted octanol–water partition coefficient (Wildman–Crippen LogP) is 1.33. The van der Waals surface area contributed by atoms with Gasteiger partial charge in [-0.05, 0) is 50.4 Å². The van der Waals surface area contributed by atoms with Gasteiger partial charge in [0.15, 0.2) is 0 Å². The van der Waals surface area contributed by atoms with Crippen molar-refractivity contribution in [2.24, 2.45) is 28.7 Å². The molecule has 0 aliphatic heterocycles. The lowest BCUT2D eigenvalue weighted by Gasteiger charge is -2.38. The van der Waals surface area contributed by atoms with Crippen LogP contribution in [-0.4, -0.2) is 45.3 Å². The SMILES string of the molecule is CC(C(=O)O)=C(C)C(CC(O)C(N)=O)C(C)(C)CC(C)CCCC(O)C(N)=O. The third kappa shape index (κ3) is 8.39. The predicted molar refractivity (Wildman–Crippen MR) is 106 cm³/mol. The van der Waals surface area contributed by atoms with E-state index in [-0.39, 0.29) is 23.8 Å². The molecule has 8 nitrogen and oxygen atoms in total. The molecule has 162 valence electrons. The van der Waals surface area contributed by atoms with Crippen LogP contribution in [0.2, 0.25) is 0 Å².